The summed E-state index contributed by atoms with van der Waals surface area (Å²) in [5, 5.41) is 0. The lowest BCUT2D eigenvalue weighted by Gasteiger charge is -2.35. The molecular formula is C38H65N3O4. The molecule has 1 rings (SSSR count). The fourth-order valence-corrected chi connectivity index (χ4v) is 5.16. The standard InChI is InChI=1S/C36H59N3O4.C2H6/c1-11-16-33(18-14-17-28(4)5)39(35(40)22-26-41-10)27-32-20-24-38(25-21-32)23-15-19-34(30(8)42-12-2)36(37-29(6)7)31(9)43-13-3;1-2/h14-17,19,32,34,36H,4,8-9,11-13,18,20-27H2,1-3,5-7,10H3;1-2H3/b17-14?,19-15+,33-16+;. The third-order valence-electron chi connectivity index (χ3n) is 7.29. The smallest absolute Gasteiger partial charge is 0.229 e. The van der Waals surface area contributed by atoms with E-state index in [4.69, 9.17) is 19.2 Å². The van der Waals surface area contributed by atoms with Crippen molar-refractivity contribution in [2.24, 2.45) is 16.8 Å². The Morgan fingerprint density at radius 3 is 2.16 bits per heavy atom. The van der Waals surface area contributed by atoms with Crippen LogP contribution in [0.3, 0.4) is 0 Å². The number of aliphatic imine (C=N–C) groups is 1. The number of methoxy groups -OCH3 is 1. The van der Waals surface area contributed by atoms with Crippen molar-refractivity contribution < 1.29 is 19.0 Å². The zero-order valence-corrected chi connectivity index (χ0v) is 30.2. The predicted molar refractivity (Wildman–Crippen MR) is 192 cm³/mol. The van der Waals surface area contributed by atoms with Crippen molar-refractivity contribution in [3.63, 3.8) is 0 Å². The quantitative estimate of drug-likeness (QED) is 0.0552. The molecule has 2 unspecified atom stereocenters. The minimum Gasteiger partial charge on any atom is -0.498 e. The van der Waals surface area contributed by atoms with Crippen molar-refractivity contribution >= 4 is 11.6 Å². The second kappa shape index (κ2) is 25.3. The number of allylic oxidation sites excluding steroid dienone is 4. The Kier molecular flexibility index (Phi) is 23.7. The largest absolute Gasteiger partial charge is 0.498 e. The number of rotatable bonds is 21. The van der Waals surface area contributed by atoms with E-state index in [1.807, 2.05) is 59.4 Å². The number of nitrogens with zero attached hydrogens (tertiary/aromatic N) is 3. The van der Waals surface area contributed by atoms with Gasteiger partial charge in [-0.25, -0.2) is 0 Å². The number of hydrogen-bond donors (Lipinski definition) is 0. The van der Waals surface area contributed by atoms with Gasteiger partial charge in [-0.15, -0.1) is 0 Å². The van der Waals surface area contributed by atoms with Crippen LogP contribution in [-0.4, -0.2) is 80.6 Å². The Balaban J connectivity index is 0.00000947. The number of amides is 1. The lowest BCUT2D eigenvalue weighted by molar-refractivity contribution is -0.131. The molecule has 0 aromatic rings. The van der Waals surface area contributed by atoms with E-state index in [1.165, 1.54) is 0 Å². The monoisotopic (exact) mass is 627 g/mol. The lowest BCUT2D eigenvalue weighted by atomic mass is 9.94. The predicted octanol–water partition coefficient (Wildman–Crippen LogP) is 8.53. The van der Waals surface area contributed by atoms with Gasteiger partial charge in [0.05, 0.1) is 37.9 Å². The van der Waals surface area contributed by atoms with E-state index in [-0.39, 0.29) is 17.9 Å². The van der Waals surface area contributed by atoms with E-state index >= 15 is 0 Å². The maximum Gasteiger partial charge on any atom is 0.229 e. The molecule has 1 amide bonds. The molecule has 0 bridgehead atoms. The van der Waals surface area contributed by atoms with Crippen LogP contribution >= 0.6 is 0 Å². The molecule has 0 aromatic carbocycles. The maximum atomic E-state index is 13.3. The van der Waals surface area contributed by atoms with Crippen LogP contribution in [0.1, 0.15) is 87.5 Å². The lowest BCUT2D eigenvalue weighted by Crippen LogP contribution is -2.41. The molecule has 7 heteroatoms. The van der Waals surface area contributed by atoms with Crippen molar-refractivity contribution in [1.29, 1.82) is 0 Å². The van der Waals surface area contributed by atoms with Crippen LogP contribution in [0.4, 0.5) is 0 Å². The number of hydrogen-bond acceptors (Lipinski definition) is 6. The summed E-state index contributed by atoms with van der Waals surface area (Å²) in [5.41, 5.74) is 3.03. The molecule has 0 aromatic heterocycles. The first-order valence-electron chi connectivity index (χ1n) is 16.9. The molecule has 0 saturated carbocycles. The third-order valence-corrected chi connectivity index (χ3v) is 7.29. The molecule has 0 aliphatic carbocycles. The number of ether oxygens (including phenoxy) is 3. The van der Waals surface area contributed by atoms with Gasteiger partial charge in [-0.05, 0) is 72.9 Å². The fourth-order valence-electron chi connectivity index (χ4n) is 5.16. The molecule has 7 nitrogen and oxygen atoms in total. The first-order chi connectivity index (χ1) is 21.6. The summed E-state index contributed by atoms with van der Waals surface area (Å²) in [6.07, 6.45) is 14.7. The Morgan fingerprint density at radius 2 is 1.62 bits per heavy atom. The minimum atomic E-state index is -0.289. The molecular weight excluding hydrogens is 562 g/mol. The van der Waals surface area contributed by atoms with Gasteiger partial charge in [0.15, 0.2) is 0 Å². The first kappa shape index (κ1) is 42.1. The highest BCUT2D eigenvalue weighted by atomic mass is 16.5. The van der Waals surface area contributed by atoms with E-state index in [0.717, 1.165) is 68.8 Å². The van der Waals surface area contributed by atoms with Crippen molar-refractivity contribution in [1.82, 2.24) is 9.80 Å². The molecule has 0 spiro atoms. The molecule has 1 heterocycles. The number of likely N-dealkylation sites (tertiary alicyclic amines) is 1. The summed E-state index contributed by atoms with van der Waals surface area (Å²) in [4.78, 5) is 22.6. The molecule has 1 fully saturated rings. The summed E-state index contributed by atoms with van der Waals surface area (Å²) < 4.78 is 16.8. The number of carbonyl (C=O) groups excluding carboxylic acids is 1. The Labute approximate surface area is 276 Å². The molecule has 0 N–H and O–H groups in total. The van der Waals surface area contributed by atoms with E-state index < -0.39 is 0 Å². The summed E-state index contributed by atoms with van der Waals surface area (Å²) in [5.74, 6) is 1.70. The average molecular weight is 628 g/mol. The van der Waals surface area contributed by atoms with Crippen molar-refractivity contribution in [2.75, 3.05) is 53.1 Å². The van der Waals surface area contributed by atoms with Crippen LogP contribution in [0.2, 0.25) is 0 Å². The second-order valence-corrected chi connectivity index (χ2v) is 11.3. The van der Waals surface area contributed by atoms with E-state index in [0.29, 0.717) is 43.7 Å². The normalized spacial score (nSPS) is 15.6. The second-order valence-electron chi connectivity index (χ2n) is 11.3. The maximum absolute atomic E-state index is 13.3. The molecule has 256 valence electrons. The molecule has 1 aliphatic rings. The van der Waals surface area contributed by atoms with Crippen LogP contribution in [0.15, 0.2) is 77.9 Å². The van der Waals surface area contributed by atoms with Gasteiger partial charge in [-0.2, -0.15) is 0 Å². The molecule has 0 radical (unpaired) electrons. The average Bonchev–Trinajstić information content (AvgIpc) is 3.01. The van der Waals surface area contributed by atoms with Crippen LogP contribution in [-0.2, 0) is 19.0 Å². The van der Waals surface area contributed by atoms with Crippen LogP contribution in [0.5, 0.6) is 0 Å². The van der Waals surface area contributed by atoms with Crippen molar-refractivity contribution in [3.05, 3.63) is 72.9 Å². The zero-order valence-electron chi connectivity index (χ0n) is 30.2. The van der Waals surface area contributed by atoms with E-state index in [2.05, 4.69) is 55.9 Å². The molecule has 1 saturated heterocycles. The Morgan fingerprint density at radius 1 is 1.00 bits per heavy atom. The van der Waals surface area contributed by atoms with Gasteiger partial charge in [0.1, 0.15) is 11.8 Å². The van der Waals surface area contributed by atoms with Crippen LogP contribution < -0.4 is 0 Å². The summed E-state index contributed by atoms with van der Waals surface area (Å²) in [6, 6.07) is -0.289. The minimum absolute atomic E-state index is 0.129. The van der Waals surface area contributed by atoms with Gasteiger partial charge in [-0.3, -0.25) is 14.7 Å². The summed E-state index contributed by atoms with van der Waals surface area (Å²) >= 11 is 0. The Hall–Kier alpha value is -2.90. The van der Waals surface area contributed by atoms with Gasteiger partial charge >= 0.3 is 0 Å². The van der Waals surface area contributed by atoms with Gasteiger partial charge in [-0.1, -0.05) is 76.5 Å². The number of piperidine rings is 1. The van der Waals surface area contributed by atoms with Gasteiger partial charge in [0.2, 0.25) is 5.91 Å². The van der Waals surface area contributed by atoms with Crippen LogP contribution in [0, 0.1) is 11.8 Å². The number of carbonyl (C=O) groups is 1. The van der Waals surface area contributed by atoms with E-state index in [9.17, 15) is 4.79 Å². The first-order valence-corrected chi connectivity index (χ1v) is 16.9. The summed E-state index contributed by atoms with van der Waals surface area (Å²) in [6.45, 7) is 33.3. The summed E-state index contributed by atoms with van der Waals surface area (Å²) in [7, 11) is 1.64. The van der Waals surface area contributed by atoms with Gasteiger partial charge in [0, 0.05) is 38.0 Å². The van der Waals surface area contributed by atoms with Crippen molar-refractivity contribution in [3.8, 4) is 0 Å². The van der Waals surface area contributed by atoms with Crippen molar-refractivity contribution in [2.45, 2.75) is 93.5 Å². The molecule has 1 aliphatic heterocycles. The highest BCUT2D eigenvalue weighted by molar-refractivity contribution is 5.79. The van der Waals surface area contributed by atoms with Crippen LogP contribution in [0.25, 0.3) is 0 Å². The fraction of sp³-hybridized carbons (Fsp3) is 0.632. The molecule has 2 atom stereocenters. The molecule has 45 heavy (non-hydrogen) atoms. The highest BCUT2D eigenvalue weighted by Gasteiger charge is 2.28. The highest BCUT2D eigenvalue weighted by Crippen LogP contribution is 2.27. The third kappa shape index (κ3) is 17.4. The SMILES string of the molecule is C=C(C)C=CC/C(=C\CC)N(CC1CCN(C/C=C/C(C(=C)OCC)C(N=C(C)C)C(=C)OCC)CC1)C(=O)CCOC.CC. The Bertz CT molecular complexity index is 998. The van der Waals surface area contributed by atoms with Gasteiger partial charge < -0.3 is 19.1 Å². The van der Waals surface area contributed by atoms with E-state index in [1.54, 1.807) is 7.11 Å². The zero-order chi connectivity index (χ0) is 34.2. The topological polar surface area (TPSA) is 63.6 Å². The van der Waals surface area contributed by atoms with Gasteiger partial charge in [0.25, 0.3) is 0 Å².